The van der Waals surface area contributed by atoms with Gasteiger partial charge in [0, 0.05) is 43.6 Å². The molecule has 4 heteroatoms. The van der Waals surface area contributed by atoms with Crippen molar-refractivity contribution in [1.82, 2.24) is 14.8 Å². The third kappa shape index (κ3) is 6.10. The van der Waals surface area contributed by atoms with Gasteiger partial charge in [-0.25, -0.2) is 0 Å². The fourth-order valence-corrected chi connectivity index (χ4v) is 3.88. The molecular formula is C21H28ClN3. The SMILES string of the molecule is CN(Cc1cccnc1)C[C@H]1CCCN(CCc2ccc(Cl)cc2)C1. The van der Waals surface area contributed by atoms with Crippen LogP contribution in [-0.2, 0) is 13.0 Å². The summed E-state index contributed by atoms with van der Waals surface area (Å²) in [5, 5.41) is 0.818. The summed E-state index contributed by atoms with van der Waals surface area (Å²) >= 11 is 5.97. The number of rotatable bonds is 7. The Labute approximate surface area is 156 Å². The van der Waals surface area contributed by atoms with Crippen molar-refractivity contribution in [3.05, 3.63) is 64.9 Å². The molecule has 2 aromatic rings. The van der Waals surface area contributed by atoms with Crippen molar-refractivity contribution in [2.75, 3.05) is 33.2 Å². The molecule has 2 heterocycles. The second-order valence-corrected chi connectivity index (χ2v) is 7.68. The molecule has 3 rings (SSSR count). The van der Waals surface area contributed by atoms with Crippen LogP contribution in [0, 0.1) is 5.92 Å². The molecular weight excluding hydrogens is 330 g/mol. The Balaban J connectivity index is 1.43. The second-order valence-electron chi connectivity index (χ2n) is 7.24. The molecule has 1 fully saturated rings. The number of aromatic nitrogens is 1. The lowest BCUT2D eigenvalue weighted by molar-refractivity contribution is 0.142. The average Bonchev–Trinajstić information content (AvgIpc) is 2.62. The monoisotopic (exact) mass is 357 g/mol. The molecule has 0 bridgehead atoms. The highest BCUT2D eigenvalue weighted by Gasteiger charge is 2.21. The third-order valence-corrected chi connectivity index (χ3v) is 5.23. The van der Waals surface area contributed by atoms with Crippen molar-refractivity contribution in [2.45, 2.75) is 25.8 Å². The van der Waals surface area contributed by atoms with E-state index in [1.807, 2.05) is 30.6 Å². The normalized spacial score (nSPS) is 18.6. The predicted molar refractivity (Wildman–Crippen MR) is 105 cm³/mol. The van der Waals surface area contributed by atoms with Gasteiger partial charge in [0.1, 0.15) is 0 Å². The number of nitrogens with zero attached hydrogens (tertiary/aromatic N) is 3. The van der Waals surface area contributed by atoms with Gasteiger partial charge in [0.15, 0.2) is 0 Å². The Kier molecular flexibility index (Phi) is 6.85. The van der Waals surface area contributed by atoms with Gasteiger partial charge in [-0.1, -0.05) is 29.8 Å². The number of hydrogen-bond donors (Lipinski definition) is 0. The first kappa shape index (κ1) is 18.4. The number of benzene rings is 1. The van der Waals surface area contributed by atoms with Crippen LogP contribution in [0.1, 0.15) is 24.0 Å². The van der Waals surface area contributed by atoms with Crippen LogP contribution in [0.3, 0.4) is 0 Å². The van der Waals surface area contributed by atoms with Crippen LogP contribution in [0.4, 0.5) is 0 Å². The number of pyridine rings is 1. The molecule has 0 aliphatic carbocycles. The molecule has 1 aliphatic rings. The van der Waals surface area contributed by atoms with Crippen LogP contribution in [0.2, 0.25) is 5.02 Å². The van der Waals surface area contributed by atoms with Crippen molar-refractivity contribution < 1.29 is 0 Å². The molecule has 3 nitrogen and oxygen atoms in total. The minimum Gasteiger partial charge on any atom is -0.303 e. The lowest BCUT2D eigenvalue weighted by Gasteiger charge is -2.34. The van der Waals surface area contributed by atoms with E-state index >= 15 is 0 Å². The van der Waals surface area contributed by atoms with Gasteiger partial charge in [0.25, 0.3) is 0 Å². The van der Waals surface area contributed by atoms with Crippen LogP contribution in [0.25, 0.3) is 0 Å². The minimum absolute atomic E-state index is 0.764. The standard InChI is InChI=1S/C21H28ClN3/c1-24(15-19-4-2-11-23-14-19)16-20-5-3-12-25(17-20)13-10-18-6-8-21(22)9-7-18/h2,4,6-9,11,14,20H,3,5,10,12-13,15-17H2,1H3/t20-/m1/s1. The fraction of sp³-hybridized carbons (Fsp3) is 0.476. The molecule has 0 radical (unpaired) electrons. The molecule has 1 aliphatic heterocycles. The summed E-state index contributed by atoms with van der Waals surface area (Å²) in [4.78, 5) is 9.27. The maximum Gasteiger partial charge on any atom is 0.0406 e. The van der Waals surface area contributed by atoms with Crippen molar-refractivity contribution >= 4 is 11.6 Å². The zero-order valence-corrected chi connectivity index (χ0v) is 15.8. The molecule has 0 unspecified atom stereocenters. The number of hydrogen-bond acceptors (Lipinski definition) is 3. The summed E-state index contributed by atoms with van der Waals surface area (Å²) in [5.41, 5.74) is 2.67. The first-order chi connectivity index (χ1) is 12.2. The molecule has 1 aromatic heterocycles. The van der Waals surface area contributed by atoms with Gasteiger partial charge in [0.05, 0.1) is 0 Å². The number of piperidine rings is 1. The van der Waals surface area contributed by atoms with E-state index in [4.69, 9.17) is 11.6 Å². The molecule has 0 spiro atoms. The van der Waals surface area contributed by atoms with E-state index in [-0.39, 0.29) is 0 Å². The maximum atomic E-state index is 5.97. The summed E-state index contributed by atoms with van der Waals surface area (Å²) in [5.74, 6) is 0.764. The molecule has 25 heavy (non-hydrogen) atoms. The molecule has 0 N–H and O–H groups in total. The first-order valence-corrected chi connectivity index (χ1v) is 9.61. The zero-order chi connectivity index (χ0) is 17.5. The van der Waals surface area contributed by atoms with Gasteiger partial charge in [-0.3, -0.25) is 4.98 Å². The summed E-state index contributed by atoms with van der Waals surface area (Å²) in [6.07, 6.45) is 7.56. The maximum absolute atomic E-state index is 5.97. The second kappa shape index (κ2) is 9.33. The van der Waals surface area contributed by atoms with Gasteiger partial charge in [-0.05, 0) is 68.1 Å². The van der Waals surface area contributed by atoms with Crippen molar-refractivity contribution in [3.63, 3.8) is 0 Å². The molecule has 134 valence electrons. The van der Waals surface area contributed by atoms with E-state index in [2.05, 4.69) is 40.0 Å². The van der Waals surface area contributed by atoms with E-state index in [0.717, 1.165) is 37.0 Å². The summed E-state index contributed by atoms with van der Waals surface area (Å²) in [7, 11) is 2.22. The van der Waals surface area contributed by atoms with Gasteiger partial charge < -0.3 is 9.80 Å². The summed E-state index contributed by atoms with van der Waals surface area (Å²) in [6.45, 7) is 5.73. The highest BCUT2D eigenvalue weighted by atomic mass is 35.5. The van der Waals surface area contributed by atoms with Crippen molar-refractivity contribution in [1.29, 1.82) is 0 Å². The van der Waals surface area contributed by atoms with E-state index in [1.54, 1.807) is 0 Å². The minimum atomic E-state index is 0.764. The van der Waals surface area contributed by atoms with E-state index in [0.29, 0.717) is 0 Å². The van der Waals surface area contributed by atoms with Crippen molar-refractivity contribution in [3.8, 4) is 0 Å². The molecule has 1 saturated heterocycles. The van der Waals surface area contributed by atoms with Crippen LogP contribution < -0.4 is 0 Å². The van der Waals surface area contributed by atoms with Crippen LogP contribution in [0.15, 0.2) is 48.8 Å². The van der Waals surface area contributed by atoms with Gasteiger partial charge in [-0.2, -0.15) is 0 Å². The van der Waals surface area contributed by atoms with Crippen LogP contribution in [0.5, 0.6) is 0 Å². The Morgan fingerprint density at radius 3 is 2.80 bits per heavy atom. The highest BCUT2D eigenvalue weighted by molar-refractivity contribution is 6.30. The van der Waals surface area contributed by atoms with E-state index < -0.39 is 0 Å². The fourth-order valence-electron chi connectivity index (χ4n) is 3.75. The van der Waals surface area contributed by atoms with E-state index in [1.165, 1.54) is 37.1 Å². The topological polar surface area (TPSA) is 19.4 Å². The third-order valence-electron chi connectivity index (χ3n) is 4.98. The lowest BCUT2D eigenvalue weighted by Crippen LogP contribution is -2.40. The number of halogens is 1. The first-order valence-electron chi connectivity index (χ1n) is 9.23. The highest BCUT2D eigenvalue weighted by Crippen LogP contribution is 2.19. The predicted octanol–water partition coefficient (Wildman–Crippen LogP) is 4.12. The zero-order valence-electron chi connectivity index (χ0n) is 15.1. The van der Waals surface area contributed by atoms with Crippen LogP contribution in [-0.4, -0.2) is 48.0 Å². The van der Waals surface area contributed by atoms with Gasteiger partial charge in [-0.15, -0.1) is 0 Å². The average molecular weight is 358 g/mol. The summed E-state index contributed by atoms with van der Waals surface area (Å²) < 4.78 is 0. The quantitative estimate of drug-likeness (QED) is 0.743. The Morgan fingerprint density at radius 2 is 2.04 bits per heavy atom. The summed E-state index contributed by atoms with van der Waals surface area (Å²) in [6, 6.07) is 12.4. The Morgan fingerprint density at radius 1 is 1.20 bits per heavy atom. The van der Waals surface area contributed by atoms with Crippen molar-refractivity contribution in [2.24, 2.45) is 5.92 Å². The molecule has 0 saturated carbocycles. The smallest absolute Gasteiger partial charge is 0.0406 e. The molecule has 0 amide bonds. The van der Waals surface area contributed by atoms with E-state index in [9.17, 15) is 0 Å². The Hall–Kier alpha value is -1.42. The molecule has 1 aromatic carbocycles. The van der Waals surface area contributed by atoms with Gasteiger partial charge in [0.2, 0.25) is 0 Å². The lowest BCUT2D eigenvalue weighted by atomic mass is 9.97. The van der Waals surface area contributed by atoms with Gasteiger partial charge >= 0.3 is 0 Å². The largest absolute Gasteiger partial charge is 0.303 e. The Bertz CT molecular complexity index is 629. The van der Waals surface area contributed by atoms with Crippen LogP contribution >= 0.6 is 11.6 Å². The number of likely N-dealkylation sites (tertiary alicyclic amines) is 1. The molecule has 1 atom stereocenters.